The summed E-state index contributed by atoms with van der Waals surface area (Å²) in [5, 5.41) is 11.6. The van der Waals surface area contributed by atoms with E-state index in [-0.39, 0.29) is 25.0 Å². The Morgan fingerprint density at radius 3 is 2.90 bits per heavy atom. The van der Waals surface area contributed by atoms with Crippen LogP contribution in [0, 0.1) is 0 Å². The van der Waals surface area contributed by atoms with E-state index in [2.05, 4.69) is 21.2 Å². The number of carboxylic acids is 1. The zero-order valence-corrected chi connectivity index (χ0v) is 13.0. The Morgan fingerprint density at radius 1 is 1.43 bits per heavy atom. The van der Waals surface area contributed by atoms with Crippen LogP contribution in [-0.2, 0) is 14.3 Å². The minimum absolute atomic E-state index is 0.0393. The fraction of sp³-hybridized carbons (Fsp3) is 0.429. The Hall–Kier alpha value is -1.44. The zero-order chi connectivity index (χ0) is 15.2. The van der Waals surface area contributed by atoms with E-state index in [1.807, 2.05) is 29.2 Å². The molecule has 2 rings (SSSR count). The number of nitrogens with zero attached hydrogens (tertiary/aromatic N) is 1. The van der Waals surface area contributed by atoms with Crippen molar-refractivity contribution in [3.8, 4) is 0 Å². The van der Waals surface area contributed by atoms with Crippen molar-refractivity contribution in [2.24, 2.45) is 0 Å². The number of anilines is 1. The van der Waals surface area contributed by atoms with Gasteiger partial charge < -0.3 is 15.2 Å². The van der Waals surface area contributed by atoms with Crippen LogP contribution in [0.2, 0.25) is 0 Å². The normalized spacial score (nSPS) is 19.2. The van der Waals surface area contributed by atoms with Gasteiger partial charge in [0.15, 0.2) is 0 Å². The summed E-state index contributed by atoms with van der Waals surface area (Å²) in [6.45, 7) is 1.75. The molecule has 1 aromatic carbocycles. The van der Waals surface area contributed by atoms with Gasteiger partial charge in [0, 0.05) is 17.6 Å². The third-order valence-corrected chi connectivity index (χ3v) is 3.83. The van der Waals surface area contributed by atoms with Gasteiger partial charge in [0.2, 0.25) is 5.91 Å². The number of morpholine rings is 1. The molecule has 1 atom stereocenters. The van der Waals surface area contributed by atoms with E-state index in [9.17, 15) is 9.59 Å². The second kappa shape index (κ2) is 7.53. The van der Waals surface area contributed by atoms with Gasteiger partial charge in [-0.15, -0.1) is 0 Å². The minimum Gasteiger partial charge on any atom is -0.481 e. The van der Waals surface area contributed by atoms with Crippen LogP contribution >= 0.6 is 15.9 Å². The largest absolute Gasteiger partial charge is 0.481 e. The van der Waals surface area contributed by atoms with E-state index in [1.54, 1.807) is 0 Å². The Kier molecular flexibility index (Phi) is 5.72. The molecule has 1 fully saturated rings. The topological polar surface area (TPSA) is 78.9 Å². The maximum absolute atomic E-state index is 12.0. The van der Waals surface area contributed by atoms with Crippen molar-refractivity contribution in [1.29, 1.82) is 0 Å². The fourth-order valence-electron chi connectivity index (χ4n) is 2.20. The summed E-state index contributed by atoms with van der Waals surface area (Å²) in [4.78, 5) is 24.6. The molecule has 0 aliphatic carbocycles. The molecule has 0 bridgehead atoms. The summed E-state index contributed by atoms with van der Waals surface area (Å²) in [5.74, 6) is -1.02. The number of hydrogen-bond acceptors (Lipinski definition) is 4. The summed E-state index contributed by atoms with van der Waals surface area (Å²) in [6.07, 6.45) is -0.393. The van der Waals surface area contributed by atoms with Crippen LogP contribution in [0.5, 0.6) is 0 Å². The molecule has 0 saturated carbocycles. The van der Waals surface area contributed by atoms with Crippen molar-refractivity contribution in [3.05, 3.63) is 28.7 Å². The third kappa shape index (κ3) is 5.11. The number of aliphatic carboxylic acids is 1. The first-order valence-corrected chi connectivity index (χ1v) is 7.44. The summed E-state index contributed by atoms with van der Waals surface area (Å²) in [6, 6.07) is 7.39. The summed E-state index contributed by atoms with van der Waals surface area (Å²) >= 11 is 3.37. The van der Waals surface area contributed by atoms with Crippen molar-refractivity contribution in [2.45, 2.75) is 12.5 Å². The van der Waals surface area contributed by atoms with Gasteiger partial charge in [-0.1, -0.05) is 12.1 Å². The molecule has 2 N–H and O–H groups in total. The molecule has 0 radical (unpaired) electrons. The molecule has 1 aliphatic rings. The van der Waals surface area contributed by atoms with Gasteiger partial charge in [-0.2, -0.15) is 0 Å². The lowest BCUT2D eigenvalue weighted by Crippen LogP contribution is -2.46. The molecule has 7 heteroatoms. The van der Waals surface area contributed by atoms with E-state index in [4.69, 9.17) is 9.84 Å². The minimum atomic E-state index is -0.889. The van der Waals surface area contributed by atoms with Crippen molar-refractivity contribution in [2.75, 3.05) is 31.6 Å². The van der Waals surface area contributed by atoms with E-state index >= 15 is 0 Å². The highest BCUT2D eigenvalue weighted by molar-refractivity contribution is 9.10. The quantitative estimate of drug-likeness (QED) is 0.836. The Labute approximate surface area is 131 Å². The number of ether oxygens (including phenoxy) is 1. The number of hydrogen-bond donors (Lipinski definition) is 2. The second-order valence-electron chi connectivity index (χ2n) is 4.85. The van der Waals surface area contributed by atoms with E-state index in [0.717, 1.165) is 10.2 Å². The van der Waals surface area contributed by atoms with Crippen molar-refractivity contribution in [1.82, 2.24) is 4.90 Å². The molecule has 114 valence electrons. The molecule has 1 saturated heterocycles. The number of halogens is 1. The lowest BCUT2D eigenvalue weighted by Gasteiger charge is -2.31. The fourth-order valence-corrected chi connectivity index (χ4v) is 2.58. The highest BCUT2D eigenvalue weighted by Gasteiger charge is 2.24. The number of rotatable bonds is 5. The van der Waals surface area contributed by atoms with Gasteiger partial charge in [0.25, 0.3) is 0 Å². The number of nitrogens with one attached hydrogen (secondary N) is 1. The first kappa shape index (κ1) is 15.9. The molecular formula is C14H17BrN2O4. The van der Waals surface area contributed by atoms with Crippen LogP contribution in [0.25, 0.3) is 0 Å². The highest BCUT2D eigenvalue weighted by atomic mass is 79.9. The molecule has 21 heavy (non-hydrogen) atoms. The van der Waals surface area contributed by atoms with Crippen LogP contribution in [0.4, 0.5) is 5.69 Å². The Balaban J connectivity index is 1.85. The van der Waals surface area contributed by atoms with E-state index in [0.29, 0.717) is 19.7 Å². The second-order valence-corrected chi connectivity index (χ2v) is 5.71. The lowest BCUT2D eigenvalue weighted by atomic mass is 10.2. The van der Waals surface area contributed by atoms with Crippen molar-refractivity contribution in [3.63, 3.8) is 0 Å². The third-order valence-electron chi connectivity index (χ3n) is 3.14. The summed E-state index contributed by atoms with van der Waals surface area (Å²) < 4.78 is 6.20. The van der Waals surface area contributed by atoms with Crippen molar-refractivity contribution >= 4 is 33.5 Å². The number of carbonyl (C=O) groups excluding carboxylic acids is 1. The van der Waals surface area contributed by atoms with Gasteiger partial charge in [-0.25, -0.2) is 0 Å². The van der Waals surface area contributed by atoms with Gasteiger partial charge >= 0.3 is 5.97 Å². The van der Waals surface area contributed by atoms with E-state index < -0.39 is 5.97 Å². The first-order valence-electron chi connectivity index (χ1n) is 6.64. The molecule has 6 nitrogen and oxygen atoms in total. The van der Waals surface area contributed by atoms with Crippen LogP contribution < -0.4 is 5.32 Å². The zero-order valence-electron chi connectivity index (χ0n) is 11.4. The maximum Gasteiger partial charge on any atom is 0.306 e. The molecule has 0 aromatic heterocycles. The number of carbonyl (C=O) groups is 2. The molecule has 1 unspecified atom stereocenters. The first-order chi connectivity index (χ1) is 10.0. The molecule has 1 heterocycles. The predicted octanol–water partition coefficient (Wildman–Crippen LogP) is 1.56. The highest BCUT2D eigenvalue weighted by Crippen LogP contribution is 2.21. The smallest absolute Gasteiger partial charge is 0.306 e. The molecule has 1 aliphatic heterocycles. The van der Waals surface area contributed by atoms with Crippen molar-refractivity contribution < 1.29 is 19.4 Å². The lowest BCUT2D eigenvalue weighted by molar-refractivity contribution is -0.142. The standard InChI is InChI=1S/C14H17BrN2O4/c15-11-3-1-2-4-12(11)16-13(18)9-17-5-6-21-10(8-17)7-14(19)20/h1-4,10H,5-9H2,(H,16,18)(H,19,20). The summed E-state index contributed by atoms with van der Waals surface area (Å²) in [7, 11) is 0. The maximum atomic E-state index is 12.0. The van der Waals surface area contributed by atoms with Crippen LogP contribution in [0.15, 0.2) is 28.7 Å². The Morgan fingerprint density at radius 2 is 2.19 bits per heavy atom. The monoisotopic (exact) mass is 356 g/mol. The predicted molar refractivity (Wildman–Crippen MR) is 81.2 cm³/mol. The average Bonchev–Trinajstić information content (AvgIpc) is 2.41. The van der Waals surface area contributed by atoms with Crippen LogP contribution in [-0.4, -0.2) is 54.2 Å². The van der Waals surface area contributed by atoms with Crippen LogP contribution in [0.3, 0.4) is 0 Å². The van der Waals surface area contributed by atoms with Crippen LogP contribution in [0.1, 0.15) is 6.42 Å². The molecule has 1 amide bonds. The van der Waals surface area contributed by atoms with Gasteiger partial charge in [-0.3, -0.25) is 14.5 Å². The number of para-hydroxylation sites is 1. The summed E-state index contributed by atoms with van der Waals surface area (Å²) in [5.41, 5.74) is 0.720. The van der Waals surface area contributed by atoms with E-state index in [1.165, 1.54) is 0 Å². The average molecular weight is 357 g/mol. The van der Waals surface area contributed by atoms with Gasteiger partial charge in [0.05, 0.1) is 31.4 Å². The van der Waals surface area contributed by atoms with Gasteiger partial charge in [0.1, 0.15) is 0 Å². The SMILES string of the molecule is O=C(O)CC1CN(CC(=O)Nc2ccccc2Br)CCO1. The molecular weight excluding hydrogens is 340 g/mol. The van der Waals surface area contributed by atoms with Gasteiger partial charge in [-0.05, 0) is 28.1 Å². The molecule has 0 spiro atoms. The number of amides is 1. The number of carboxylic acid groups (broad SMARTS) is 1. The Bertz CT molecular complexity index is 523. The number of benzene rings is 1. The molecule has 1 aromatic rings.